The molecule has 14 aliphatic rings. The van der Waals surface area contributed by atoms with Gasteiger partial charge in [-0.3, -0.25) is 0 Å². The maximum absolute atomic E-state index is 16.0. The summed E-state index contributed by atoms with van der Waals surface area (Å²) in [5.41, 5.74) is -2.12. The molecule has 0 amide bonds. The summed E-state index contributed by atoms with van der Waals surface area (Å²) < 4.78 is 14.4. The van der Waals surface area contributed by atoms with Crippen LogP contribution in [0.1, 0.15) is 143 Å². The standard InChI is InChI=1S/C74H87NO9/c1-42-48-21-20-46(28-48)26-44-13-8-14-45(25-44)29-56-33-55-30-53-36-69(55)40-71(41-77)66-51(18-10-17-50(53)27-43-11-4-3-5-12-43)37-70-24-7-6-15-47-16-9-19-52(39-76)57(47)34-62(75-2)58-31-54(64(70)59-35-63(78)84-65(58)59)38-72(70,80)74(66,82)67(79)61-32-49(42)22-23-60(68(69)83-56)73(61,71)81/h3-5,8-9,11-14,16,19,25,35,41-42,46,48-51,53-56,58,60-62,64-68,75-76,79-82H,7,17,20-24,26-34,36-40H2,1-2H3. The molecule has 9 fully saturated rings. The summed E-state index contributed by atoms with van der Waals surface area (Å²) in [5, 5.41) is 74.9. The quantitative estimate of drug-likeness (QED) is 0.0825. The number of hydrogen-bond donors (Lipinski definition) is 6. The topological polar surface area (TPSA) is 166 Å². The van der Waals surface area contributed by atoms with Crippen LogP contribution in [0.2, 0.25) is 0 Å². The predicted octanol–water partition coefficient (Wildman–Crippen LogP) is 9.06. The van der Waals surface area contributed by atoms with E-state index < -0.39 is 80.8 Å². The Morgan fingerprint density at radius 1 is 0.810 bits per heavy atom. The molecule has 6 N–H and O–H groups in total. The van der Waals surface area contributed by atoms with Gasteiger partial charge in [0.05, 0.1) is 35.9 Å². The first-order valence-corrected chi connectivity index (χ1v) is 33.1. The summed E-state index contributed by atoms with van der Waals surface area (Å²) in [7, 11) is 1.94. The Balaban J connectivity index is 0.931. The molecule has 0 aromatic heterocycles. The molecule has 0 radical (unpaired) electrons. The van der Waals surface area contributed by atoms with E-state index in [-0.39, 0.29) is 79.1 Å². The van der Waals surface area contributed by atoms with E-state index in [4.69, 9.17) is 9.47 Å². The van der Waals surface area contributed by atoms with Crippen molar-refractivity contribution < 1.29 is 44.6 Å². The van der Waals surface area contributed by atoms with Crippen LogP contribution in [-0.4, -0.2) is 92.1 Å². The number of aliphatic hydroxyl groups excluding tert-OH is 2. The largest absolute Gasteiger partial charge is 0.454 e. The van der Waals surface area contributed by atoms with Crippen LogP contribution in [0.4, 0.5) is 0 Å². The molecule has 1 saturated heterocycles. The van der Waals surface area contributed by atoms with Gasteiger partial charge < -0.3 is 45.1 Å². The number of aliphatic hydroxyl groups is 5. The predicted molar refractivity (Wildman–Crippen MR) is 317 cm³/mol. The second kappa shape index (κ2) is 19.7. The number of rotatable bonds is 5. The minimum Gasteiger partial charge on any atom is -0.454 e. The minimum absolute atomic E-state index is 0.0759. The lowest BCUT2D eigenvalue weighted by Gasteiger charge is -2.76. The Morgan fingerprint density at radius 2 is 1.62 bits per heavy atom. The fourth-order valence-electron chi connectivity index (χ4n) is 24.4. The molecule has 15 bridgehead atoms. The summed E-state index contributed by atoms with van der Waals surface area (Å²) in [6.07, 6.45) is 13.7. The lowest BCUT2D eigenvalue weighted by atomic mass is 9.31. The highest BCUT2D eigenvalue weighted by Crippen LogP contribution is 2.81. The number of likely N-dealkylation sites (N-methyl/N-ethyl adjacent to an activating group) is 1. The highest BCUT2D eigenvalue weighted by Gasteiger charge is 2.89. The number of fused-ring (bicyclic) bond motifs is 12. The van der Waals surface area contributed by atoms with Crippen LogP contribution in [0.25, 0.3) is 0 Å². The van der Waals surface area contributed by atoms with Crippen molar-refractivity contribution in [1.82, 2.24) is 5.32 Å². The van der Waals surface area contributed by atoms with Gasteiger partial charge >= 0.3 is 5.97 Å². The third-order valence-corrected chi connectivity index (χ3v) is 27.5. The second-order valence-electron chi connectivity index (χ2n) is 30.4. The number of benzene rings is 3. The summed E-state index contributed by atoms with van der Waals surface area (Å²) >= 11 is 0. The van der Waals surface area contributed by atoms with E-state index in [1.807, 2.05) is 25.2 Å². The lowest BCUT2D eigenvalue weighted by molar-refractivity contribution is -0.397. The molecule has 3 heterocycles. The molecule has 10 nitrogen and oxygen atoms in total. The average molecular weight is 1130 g/mol. The Kier molecular flexibility index (Phi) is 12.8. The molecule has 17 rings (SSSR count). The fourth-order valence-corrected chi connectivity index (χ4v) is 24.4. The van der Waals surface area contributed by atoms with E-state index in [0.717, 1.165) is 92.8 Å². The summed E-state index contributed by atoms with van der Waals surface area (Å²) in [5.74, 6) is 12.1. The van der Waals surface area contributed by atoms with E-state index in [1.54, 1.807) is 6.08 Å². The van der Waals surface area contributed by atoms with Gasteiger partial charge in [0.15, 0.2) is 0 Å². The van der Waals surface area contributed by atoms with Gasteiger partial charge in [0.1, 0.15) is 23.6 Å². The molecule has 442 valence electrons. The van der Waals surface area contributed by atoms with E-state index in [1.165, 1.54) is 16.7 Å². The van der Waals surface area contributed by atoms with Gasteiger partial charge in [0.2, 0.25) is 0 Å². The highest BCUT2D eigenvalue weighted by molar-refractivity contribution is 5.86. The van der Waals surface area contributed by atoms with Gasteiger partial charge in [0.25, 0.3) is 0 Å². The monoisotopic (exact) mass is 1130 g/mol. The molecule has 2 spiro atoms. The van der Waals surface area contributed by atoms with Crippen LogP contribution in [-0.2, 0) is 51.4 Å². The van der Waals surface area contributed by atoms with Crippen molar-refractivity contribution in [2.45, 2.75) is 189 Å². The smallest absolute Gasteiger partial charge is 0.331 e. The van der Waals surface area contributed by atoms with Crippen molar-refractivity contribution >= 4 is 12.3 Å². The maximum atomic E-state index is 16.0. The number of esters is 1. The van der Waals surface area contributed by atoms with Crippen LogP contribution in [0.3, 0.4) is 0 Å². The normalized spacial score (nSPS) is 48.7. The molecule has 3 aliphatic heterocycles. The number of aldehydes is 1. The molecule has 84 heavy (non-hydrogen) atoms. The van der Waals surface area contributed by atoms with Crippen LogP contribution in [0, 0.1) is 123 Å². The Hall–Kier alpha value is -4.62. The van der Waals surface area contributed by atoms with E-state index in [0.29, 0.717) is 63.2 Å². The Labute approximate surface area is 496 Å². The molecule has 3 aromatic rings. The van der Waals surface area contributed by atoms with Crippen LogP contribution < -0.4 is 5.32 Å². The summed E-state index contributed by atoms with van der Waals surface area (Å²) in [6.45, 7) is 2.28. The SMILES string of the molecule is CNC1Cc2c(cccc2CO)C#CCCC23CC4C#CCC(Cc5ccccc5)C5CC6CC7Cc8cccc(c8)CC8CCC(C8)C(C)C8CCC9C(O7)C6(C5)CC5(C=O)C4C(O)(C(O)C(C8)C95O)C2(O)CC2CC1C1OC(=O)C=C1C23. The van der Waals surface area contributed by atoms with Gasteiger partial charge in [-0.1, -0.05) is 91.4 Å². The summed E-state index contributed by atoms with van der Waals surface area (Å²) in [4.78, 5) is 30.1. The lowest BCUT2D eigenvalue weighted by Crippen LogP contribution is -2.88. The first kappa shape index (κ1) is 54.7. The molecule has 8 saturated carbocycles. The third-order valence-electron chi connectivity index (χ3n) is 27.5. The van der Waals surface area contributed by atoms with Gasteiger partial charge in [-0.15, -0.1) is 5.92 Å². The van der Waals surface area contributed by atoms with Crippen LogP contribution in [0.15, 0.2) is 84.4 Å². The Bertz CT molecular complexity index is 3320. The number of carbonyl (C=O) groups excluding carboxylic acids is 2. The minimum atomic E-state index is -2.33. The van der Waals surface area contributed by atoms with Crippen LogP contribution in [0.5, 0.6) is 0 Å². The van der Waals surface area contributed by atoms with Crippen molar-refractivity contribution in [1.29, 1.82) is 0 Å². The van der Waals surface area contributed by atoms with E-state index in [2.05, 4.69) is 90.5 Å². The molecule has 25 atom stereocenters. The summed E-state index contributed by atoms with van der Waals surface area (Å²) in [6, 6.07) is 25.8. The maximum Gasteiger partial charge on any atom is 0.331 e. The van der Waals surface area contributed by atoms with Crippen molar-refractivity contribution in [3.05, 3.63) is 118 Å². The second-order valence-corrected chi connectivity index (χ2v) is 30.4. The zero-order valence-electron chi connectivity index (χ0n) is 49.3. The zero-order valence-corrected chi connectivity index (χ0v) is 49.3. The van der Waals surface area contributed by atoms with Gasteiger partial charge in [-0.2, -0.15) is 0 Å². The number of nitrogens with one attached hydrogen (secondary N) is 1. The molecule has 10 heteroatoms. The van der Waals surface area contributed by atoms with Crippen molar-refractivity contribution in [2.75, 3.05) is 7.05 Å². The molecule has 25 unspecified atom stereocenters. The number of ether oxygens (including phenoxy) is 2. The van der Waals surface area contributed by atoms with Gasteiger partial charge in [0, 0.05) is 70.9 Å². The molecule has 11 aliphatic carbocycles. The number of hydrogen-bond acceptors (Lipinski definition) is 10. The first-order valence-electron chi connectivity index (χ1n) is 33.1. The molecular weight excluding hydrogens is 1050 g/mol. The number of carbonyl (C=O) groups is 2. The molecule has 3 aromatic carbocycles. The van der Waals surface area contributed by atoms with Crippen molar-refractivity contribution in [3.63, 3.8) is 0 Å². The van der Waals surface area contributed by atoms with Crippen molar-refractivity contribution in [2.24, 2.45) is 99.1 Å². The fraction of sp³-hybridized carbons (Fsp3) is 0.649. The molecular formula is C74H87NO9. The Morgan fingerprint density at radius 3 is 2.44 bits per heavy atom. The first-order chi connectivity index (χ1) is 40.7. The zero-order chi connectivity index (χ0) is 57.3. The van der Waals surface area contributed by atoms with Crippen molar-refractivity contribution in [3.8, 4) is 23.7 Å². The average Bonchev–Trinajstić information content (AvgIpc) is 1.14. The van der Waals surface area contributed by atoms with Crippen LogP contribution >= 0.6 is 0 Å². The third kappa shape index (κ3) is 7.44. The van der Waals surface area contributed by atoms with Gasteiger partial charge in [-0.25, -0.2) is 4.79 Å². The van der Waals surface area contributed by atoms with Gasteiger partial charge in [-0.05, 0) is 215 Å². The van der Waals surface area contributed by atoms with E-state index >= 15 is 20.1 Å². The highest BCUT2D eigenvalue weighted by atomic mass is 16.5. The van der Waals surface area contributed by atoms with E-state index in [9.17, 15) is 15.0 Å².